The molecule has 2 aromatic rings. The molecule has 0 bridgehead atoms. The van der Waals surface area contributed by atoms with E-state index in [1.165, 1.54) is 10.5 Å². The van der Waals surface area contributed by atoms with Crippen LogP contribution in [0, 0.1) is 0 Å². The smallest absolute Gasteiger partial charge is 0.254 e. The molecule has 2 saturated heterocycles. The fourth-order valence-corrected chi connectivity index (χ4v) is 4.87. The molecule has 0 aromatic heterocycles. The Morgan fingerprint density at radius 3 is 2.46 bits per heavy atom. The molecular weight excluding hydrogens is 444 g/mol. The van der Waals surface area contributed by atoms with E-state index in [1.807, 2.05) is 12.1 Å². The number of carbonyl (C=O) groups excluding carboxylic acids is 3. The summed E-state index contributed by atoms with van der Waals surface area (Å²) in [6.45, 7) is 4.56. The predicted molar refractivity (Wildman–Crippen MR) is 130 cm³/mol. The first-order valence-electron chi connectivity index (χ1n) is 11.8. The van der Waals surface area contributed by atoms with Crippen molar-refractivity contribution in [3.05, 3.63) is 58.7 Å². The van der Waals surface area contributed by atoms with Crippen molar-refractivity contribution in [3.63, 3.8) is 0 Å². The second kappa shape index (κ2) is 9.87. The molecule has 3 heterocycles. The number of nitrogens with one attached hydrogen (secondary N) is 1. The third-order valence-corrected chi connectivity index (χ3v) is 6.75. The monoisotopic (exact) mass is 469 g/mol. The van der Waals surface area contributed by atoms with Gasteiger partial charge in [0.2, 0.25) is 11.8 Å². The number of hydrogen-bond donors (Lipinski definition) is 1. The molecule has 8 nitrogen and oxygen atoms in total. The fraction of sp³-hybridized carbons (Fsp3) is 0.400. The van der Waals surface area contributed by atoms with E-state index in [2.05, 4.69) is 22.3 Å². The lowest BCUT2D eigenvalue weighted by Crippen LogP contribution is -2.53. The quantitative estimate of drug-likeness (QED) is 0.485. The van der Waals surface area contributed by atoms with Gasteiger partial charge < -0.3 is 14.4 Å². The van der Waals surface area contributed by atoms with E-state index >= 15 is 0 Å². The van der Waals surface area contributed by atoms with Crippen LogP contribution in [0.3, 0.4) is 0 Å². The Morgan fingerprint density at radius 2 is 1.74 bits per heavy atom. The highest BCUT2D eigenvalue weighted by Gasteiger charge is 2.44. The molecule has 0 aliphatic carbocycles. The highest BCUT2D eigenvalue weighted by molar-refractivity contribution is 6.38. The van der Waals surface area contributed by atoms with Crippen LogP contribution in [0.15, 0.2) is 36.4 Å². The fourth-order valence-electron chi connectivity index (χ4n) is 4.87. The minimum atomic E-state index is -0.907. The number of amides is 3. The lowest BCUT2D eigenvalue weighted by Gasteiger charge is -2.33. The van der Waals surface area contributed by atoms with Crippen LogP contribution in [0.1, 0.15) is 45.8 Å². The van der Waals surface area contributed by atoms with Crippen molar-refractivity contribution in [1.29, 1.82) is 0 Å². The highest BCUT2D eigenvalue weighted by Crippen LogP contribution is 2.39. The number of hydrogen-bond acceptors (Lipinski definition) is 6. The summed E-state index contributed by atoms with van der Waals surface area (Å²) in [6, 6.07) is 10.7. The maximum Gasteiger partial charge on any atom is 0.254 e. The van der Waals surface area contributed by atoms with Gasteiger partial charge in [0, 0.05) is 43.1 Å². The van der Waals surface area contributed by atoms with E-state index in [0.29, 0.717) is 11.3 Å². The molecule has 2 aromatic carbocycles. The summed E-state index contributed by atoms with van der Waals surface area (Å²) >= 11 is 0. The maximum absolute atomic E-state index is 13.2. The van der Waals surface area contributed by atoms with Crippen LogP contribution in [0.4, 0.5) is 0 Å². The van der Waals surface area contributed by atoms with Gasteiger partial charge in [-0.3, -0.25) is 24.6 Å². The molecule has 1 N–H and O–H groups in total. The van der Waals surface area contributed by atoms with E-state index in [1.54, 1.807) is 12.1 Å². The number of ether oxygens (including phenoxy) is 2. The molecule has 2 fully saturated rings. The Morgan fingerprint density at radius 1 is 1.03 bits per heavy atom. The van der Waals surface area contributed by atoms with Crippen LogP contribution in [0.2, 0.25) is 0 Å². The lowest BCUT2D eigenvalue weighted by atomic mass is 9.82. The Labute approximate surface area is 206 Å². The van der Waals surface area contributed by atoms with E-state index in [4.69, 9.17) is 25.2 Å². The average Bonchev–Trinajstić information content (AvgIpc) is 3.11. The van der Waals surface area contributed by atoms with Gasteiger partial charge in [0.05, 0.1) is 13.2 Å². The van der Waals surface area contributed by atoms with Crippen LogP contribution in [-0.4, -0.2) is 75.6 Å². The summed E-state index contributed by atoms with van der Waals surface area (Å²) in [5.74, 6) is -1.78. The third-order valence-electron chi connectivity index (χ3n) is 6.75. The van der Waals surface area contributed by atoms with E-state index < -0.39 is 23.8 Å². The topological polar surface area (TPSA) is 88.2 Å². The molecule has 3 aliphatic heterocycles. The zero-order valence-corrected chi connectivity index (χ0v) is 19.4. The molecule has 2 atom stereocenters. The Balaban J connectivity index is 1.30. The Hall–Kier alpha value is -3.10. The molecule has 3 amide bonds. The number of carbonyl (C=O) groups is 3. The first-order chi connectivity index (χ1) is 16.9. The van der Waals surface area contributed by atoms with Gasteiger partial charge in [-0.2, -0.15) is 0 Å². The van der Waals surface area contributed by atoms with E-state index in [0.717, 1.165) is 38.4 Å². The first-order valence-corrected chi connectivity index (χ1v) is 11.8. The van der Waals surface area contributed by atoms with Crippen LogP contribution < -0.4 is 15.5 Å². The Bertz CT molecular complexity index is 1150. The van der Waals surface area contributed by atoms with Gasteiger partial charge in [-0.15, -0.1) is 0 Å². The number of fused-ring (bicyclic) bond motifs is 1. The zero-order valence-electron chi connectivity index (χ0n) is 19.4. The van der Waals surface area contributed by atoms with Crippen molar-refractivity contribution < 1.29 is 23.9 Å². The van der Waals surface area contributed by atoms with E-state index in [-0.39, 0.29) is 36.4 Å². The Kier molecular flexibility index (Phi) is 6.67. The SMILES string of the molecule is [B]c1ccc(OCc2ccc(CN3CCOCC3)cc2)c2c1C(=O)N(C1CCC(=O)NC1=O)C2[B]. The molecule has 3 aliphatic rings. The van der Waals surface area contributed by atoms with Crippen molar-refractivity contribution >= 4 is 38.9 Å². The number of rotatable bonds is 6. The van der Waals surface area contributed by atoms with E-state index in [9.17, 15) is 14.4 Å². The van der Waals surface area contributed by atoms with Gasteiger partial charge in [0.1, 0.15) is 34.1 Å². The molecule has 4 radical (unpaired) electrons. The first kappa shape index (κ1) is 23.6. The summed E-state index contributed by atoms with van der Waals surface area (Å²) in [5, 5.41) is 2.28. The van der Waals surface area contributed by atoms with Crippen LogP contribution in [0.5, 0.6) is 5.75 Å². The number of morpholine rings is 1. The summed E-state index contributed by atoms with van der Waals surface area (Å²) in [7, 11) is 12.6. The molecule has 2 unspecified atom stereocenters. The number of imide groups is 1. The summed E-state index contributed by atoms with van der Waals surface area (Å²) in [5.41, 5.74) is 3.18. The van der Waals surface area contributed by atoms with Crippen LogP contribution in [-0.2, 0) is 27.5 Å². The summed E-state index contributed by atoms with van der Waals surface area (Å²) in [4.78, 5) is 40.8. The van der Waals surface area contributed by atoms with Gasteiger partial charge in [-0.1, -0.05) is 35.8 Å². The average molecular weight is 469 g/mol. The number of benzene rings is 2. The standard InChI is InChI=1S/C25H25B2N3O5/c26-17-5-7-19(35-14-16-3-1-15(2-4-16)13-29-9-11-34-12-10-29)22-21(17)25(33)30(23(22)27)18-6-8-20(31)28-24(18)32/h1-5,7,18,23H,6,8-14H2,(H,28,31,32). The second-order valence-corrected chi connectivity index (χ2v) is 9.06. The molecule has 0 spiro atoms. The molecule has 176 valence electrons. The third kappa shape index (κ3) is 4.73. The van der Waals surface area contributed by atoms with Crippen molar-refractivity contribution in [2.24, 2.45) is 0 Å². The van der Waals surface area contributed by atoms with Crippen LogP contribution in [0.25, 0.3) is 0 Å². The zero-order chi connectivity index (χ0) is 24.5. The minimum Gasteiger partial charge on any atom is -0.489 e. The normalized spacial score (nSPS) is 22.7. The maximum atomic E-state index is 13.2. The predicted octanol–water partition coefficient (Wildman–Crippen LogP) is 0.320. The number of nitrogens with zero attached hydrogens (tertiary/aromatic N) is 2. The van der Waals surface area contributed by atoms with Gasteiger partial charge in [-0.25, -0.2) is 0 Å². The van der Waals surface area contributed by atoms with Gasteiger partial charge >= 0.3 is 0 Å². The van der Waals surface area contributed by atoms with Gasteiger partial charge in [-0.05, 0) is 23.6 Å². The molecule has 10 heteroatoms. The number of piperidine rings is 1. The summed E-state index contributed by atoms with van der Waals surface area (Å²) < 4.78 is 11.5. The van der Waals surface area contributed by atoms with Crippen LogP contribution >= 0.6 is 0 Å². The largest absolute Gasteiger partial charge is 0.489 e. The second-order valence-electron chi connectivity index (χ2n) is 9.06. The van der Waals surface area contributed by atoms with Crippen molar-refractivity contribution in [2.45, 2.75) is 38.0 Å². The minimum absolute atomic E-state index is 0.142. The molecular formula is C25H25B2N3O5. The molecule has 0 saturated carbocycles. The lowest BCUT2D eigenvalue weighted by molar-refractivity contribution is -0.137. The molecule has 5 rings (SSSR count). The van der Waals surface area contributed by atoms with Crippen molar-refractivity contribution in [3.8, 4) is 5.75 Å². The van der Waals surface area contributed by atoms with Crippen molar-refractivity contribution in [2.75, 3.05) is 26.3 Å². The highest BCUT2D eigenvalue weighted by atomic mass is 16.5. The summed E-state index contributed by atoms with van der Waals surface area (Å²) in [6.07, 6.45) is 0.356. The van der Waals surface area contributed by atoms with Gasteiger partial charge in [0.15, 0.2) is 0 Å². The van der Waals surface area contributed by atoms with Crippen molar-refractivity contribution in [1.82, 2.24) is 15.1 Å². The van der Waals surface area contributed by atoms with Gasteiger partial charge in [0.25, 0.3) is 5.91 Å². The molecule has 35 heavy (non-hydrogen) atoms.